The van der Waals surface area contributed by atoms with E-state index in [-0.39, 0.29) is 33.8 Å². The number of anilines is 2. The maximum Gasteiger partial charge on any atom is 0.276 e. The standard InChI is InChI=1S/C45H34N8O5/c1-29-38(42(54)36-27-51(32-19-11-5-12-20-32)48-39(36)44(56)46-30-15-7-3-8-16-30)41(50-53(29)34-23-25-35(58-2)26-24-34)43(55)37-28-52(33-21-13-6-14-22-33)49-40(37)45(57)47-31-17-9-4-10-18-31/h3-28H,1-2H3,(H,46,56)(H,47,57). The van der Waals surface area contributed by atoms with Crippen LogP contribution in [0.5, 0.6) is 5.75 Å². The molecule has 2 amide bonds. The van der Waals surface area contributed by atoms with Crippen LogP contribution in [0.4, 0.5) is 11.4 Å². The van der Waals surface area contributed by atoms with Gasteiger partial charge in [-0.1, -0.05) is 72.8 Å². The lowest BCUT2D eigenvalue weighted by Gasteiger charge is -2.07. The number of methoxy groups -OCH3 is 1. The Balaban J connectivity index is 1.29. The highest BCUT2D eigenvalue weighted by Crippen LogP contribution is 2.28. The molecule has 0 unspecified atom stereocenters. The highest BCUT2D eigenvalue weighted by Gasteiger charge is 2.35. The largest absolute Gasteiger partial charge is 0.497 e. The number of ether oxygens (including phenoxy) is 1. The lowest BCUT2D eigenvalue weighted by Crippen LogP contribution is -2.19. The summed E-state index contributed by atoms with van der Waals surface area (Å²) < 4.78 is 9.69. The van der Waals surface area contributed by atoms with Gasteiger partial charge in [0.2, 0.25) is 11.6 Å². The molecule has 58 heavy (non-hydrogen) atoms. The van der Waals surface area contributed by atoms with Crippen molar-refractivity contribution in [2.75, 3.05) is 17.7 Å². The van der Waals surface area contributed by atoms with Gasteiger partial charge in [0.15, 0.2) is 11.4 Å². The Morgan fingerprint density at radius 1 is 0.500 bits per heavy atom. The monoisotopic (exact) mass is 766 g/mol. The zero-order valence-corrected chi connectivity index (χ0v) is 31.2. The van der Waals surface area contributed by atoms with Gasteiger partial charge in [0, 0.05) is 23.8 Å². The minimum absolute atomic E-state index is 0.0780. The van der Waals surface area contributed by atoms with E-state index in [0.29, 0.717) is 39.9 Å². The fourth-order valence-corrected chi connectivity index (χ4v) is 6.44. The maximum atomic E-state index is 15.1. The molecule has 0 atom stereocenters. The van der Waals surface area contributed by atoms with Crippen LogP contribution >= 0.6 is 0 Å². The summed E-state index contributed by atoms with van der Waals surface area (Å²) in [5, 5.41) is 19.5. The van der Waals surface area contributed by atoms with E-state index in [4.69, 9.17) is 9.84 Å². The second-order valence-corrected chi connectivity index (χ2v) is 13.1. The van der Waals surface area contributed by atoms with Gasteiger partial charge >= 0.3 is 0 Å². The second kappa shape index (κ2) is 15.9. The number of hydrogen-bond acceptors (Lipinski definition) is 8. The Morgan fingerprint density at radius 2 is 0.931 bits per heavy atom. The highest BCUT2D eigenvalue weighted by atomic mass is 16.5. The van der Waals surface area contributed by atoms with E-state index in [0.717, 1.165) is 0 Å². The Hall–Kier alpha value is -8.19. The van der Waals surface area contributed by atoms with Crippen LogP contribution in [-0.2, 0) is 0 Å². The summed E-state index contributed by atoms with van der Waals surface area (Å²) in [4.78, 5) is 58.0. The maximum absolute atomic E-state index is 15.1. The van der Waals surface area contributed by atoms with E-state index in [2.05, 4.69) is 20.8 Å². The van der Waals surface area contributed by atoms with Crippen molar-refractivity contribution in [2.45, 2.75) is 6.92 Å². The Labute approximate surface area is 332 Å². The fraction of sp³-hybridized carbons (Fsp3) is 0.0444. The fourth-order valence-electron chi connectivity index (χ4n) is 6.44. The lowest BCUT2D eigenvalue weighted by molar-refractivity contribution is 0.0981. The molecule has 284 valence electrons. The average Bonchev–Trinajstić information content (AvgIpc) is 4.01. The van der Waals surface area contributed by atoms with Gasteiger partial charge in [0.1, 0.15) is 11.4 Å². The summed E-state index contributed by atoms with van der Waals surface area (Å²) in [6.07, 6.45) is 2.90. The van der Waals surface area contributed by atoms with Gasteiger partial charge < -0.3 is 15.4 Å². The van der Waals surface area contributed by atoms with Crippen molar-refractivity contribution in [1.82, 2.24) is 29.3 Å². The van der Waals surface area contributed by atoms with Crippen molar-refractivity contribution >= 4 is 34.8 Å². The quantitative estimate of drug-likeness (QED) is 0.121. The number of benzene rings is 5. The predicted molar refractivity (Wildman–Crippen MR) is 218 cm³/mol. The van der Waals surface area contributed by atoms with Crippen LogP contribution in [0.3, 0.4) is 0 Å². The first kappa shape index (κ1) is 36.8. The van der Waals surface area contributed by atoms with Gasteiger partial charge in [0.05, 0.1) is 46.6 Å². The van der Waals surface area contributed by atoms with Gasteiger partial charge in [0.25, 0.3) is 11.8 Å². The number of hydrogen-bond donors (Lipinski definition) is 2. The van der Waals surface area contributed by atoms with E-state index in [1.54, 1.807) is 123 Å². The molecule has 0 spiro atoms. The normalized spacial score (nSPS) is 10.9. The minimum Gasteiger partial charge on any atom is -0.497 e. The van der Waals surface area contributed by atoms with E-state index in [1.165, 1.54) is 26.4 Å². The van der Waals surface area contributed by atoms with E-state index in [9.17, 15) is 9.59 Å². The molecular weight excluding hydrogens is 733 g/mol. The number of para-hydroxylation sites is 4. The van der Waals surface area contributed by atoms with Crippen LogP contribution in [-0.4, -0.2) is 59.8 Å². The van der Waals surface area contributed by atoms with E-state index < -0.39 is 23.4 Å². The van der Waals surface area contributed by atoms with Crippen molar-refractivity contribution in [1.29, 1.82) is 0 Å². The molecule has 0 saturated heterocycles. The molecule has 0 aliphatic heterocycles. The molecule has 13 nitrogen and oxygen atoms in total. The summed E-state index contributed by atoms with van der Waals surface area (Å²) in [6, 6.07) is 42.5. The predicted octanol–water partition coefficient (Wildman–Crippen LogP) is 7.53. The van der Waals surface area contributed by atoms with Crippen molar-refractivity contribution in [2.24, 2.45) is 0 Å². The summed E-state index contributed by atoms with van der Waals surface area (Å²) in [5.74, 6) is -2.13. The van der Waals surface area contributed by atoms with Gasteiger partial charge in [-0.05, 0) is 79.7 Å². The lowest BCUT2D eigenvalue weighted by atomic mass is 9.97. The summed E-state index contributed by atoms with van der Waals surface area (Å²) >= 11 is 0. The third kappa shape index (κ3) is 7.30. The van der Waals surface area contributed by atoms with Crippen LogP contribution in [0, 0.1) is 6.92 Å². The van der Waals surface area contributed by atoms with Crippen LogP contribution in [0.15, 0.2) is 158 Å². The van der Waals surface area contributed by atoms with Crippen LogP contribution in [0.1, 0.15) is 58.6 Å². The number of carbonyl (C=O) groups is 4. The molecule has 0 saturated carbocycles. The van der Waals surface area contributed by atoms with E-state index >= 15 is 9.59 Å². The Kier molecular flexibility index (Phi) is 10.1. The number of amides is 2. The molecule has 8 aromatic rings. The van der Waals surface area contributed by atoms with Crippen molar-refractivity contribution < 1.29 is 23.9 Å². The van der Waals surface area contributed by atoms with E-state index in [1.807, 2.05) is 36.4 Å². The van der Waals surface area contributed by atoms with Gasteiger partial charge in [-0.15, -0.1) is 0 Å². The molecule has 0 aliphatic rings. The molecule has 8 rings (SSSR count). The number of nitrogens with zero attached hydrogens (tertiary/aromatic N) is 6. The molecule has 13 heteroatoms. The number of aromatic nitrogens is 6. The summed E-state index contributed by atoms with van der Waals surface area (Å²) in [7, 11) is 1.55. The summed E-state index contributed by atoms with van der Waals surface area (Å²) in [6.45, 7) is 1.66. The zero-order chi connectivity index (χ0) is 40.2. The first-order valence-electron chi connectivity index (χ1n) is 18.2. The van der Waals surface area contributed by atoms with Crippen LogP contribution in [0.25, 0.3) is 17.1 Å². The number of rotatable bonds is 12. The molecule has 0 aliphatic carbocycles. The zero-order valence-electron chi connectivity index (χ0n) is 31.2. The van der Waals surface area contributed by atoms with Gasteiger partial charge in [-0.3, -0.25) is 19.2 Å². The SMILES string of the molecule is COc1ccc(-n2nc(C(=O)c3cn(-c4ccccc4)nc3C(=O)Nc3ccccc3)c(C(=O)c3cn(-c4ccccc4)nc3C(=O)Nc3ccccc3)c2C)cc1. The minimum atomic E-state index is -0.746. The topological polar surface area (TPSA) is 155 Å². The first-order valence-corrected chi connectivity index (χ1v) is 18.2. The van der Waals surface area contributed by atoms with Crippen molar-refractivity contribution in [3.8, 4) is 22.8 Å². The van der Waals surface area contributed by atoms with Crippen LogP contribution in [0.2, 0.25) is 0 Å². The number of carbonyl (C=O) groups excluding carboxylic acids is 4. The molecular formula is C45H34N8O5. The number of ketones is 2. The molecule has 2 N–H and O–H groups in total. The third-order valence-corrected chi connectivity index (χ3v) is 9.33. The molecule has 0 fully saturated rings. The van der Waals surface area contributed by atoms with Gasteiger partial charge in [-0.2, -0.15) is 15.3 Å². The molecule has 3 heterocycles. The average molecular weight is 767 g/mol. The molecule has 0 bridgehead atoms. The first-order chi connectivity index (χ1) is 28.3. The smallest absolute Gasteiger partial charge is 0.276 e. The van der Waals surface area contributed by atoms with Crippen molar-refractivity contribution in [3.05, 3.63) is 197 Å². The highest BCUT2D eigenvalue weighted by molar-refractivity contribution is 6.24. The molecule has 3 aromatic heterocycles. The molecule has 5 aromatic carbocycles. The third-order valence-electron chi connectivity index (χ3n) is 9.33. The Morgan fingerprint density at radius 3 is 1.38 bits per heavy atom. The second-order valence-electron chi connectivity index (χ2n) is 13.1. The molecule has 0 radical (unpaired) electrons. The number of nitrogens with one attached hydrogen (secondary N) is 2. The summed E-state index contributed by atoms with van der Waals surface area (Å²) in [5.41, 5.74) is 2.10. The van der Waals surface area contributed by atoms with Crippen molar-refractivity contribution in [3.63, 3.8) is 0 Å². The Bertz CT molecular complexity index is 2780. The van der Waals surface area contributed by atoms with Gasteiger partial charge in [-0.25, -0.2) is 14.0 Å². The van der Waals surface area contributed by atoms with Crippen LogP contribution < -0.4 is 15.4 Å².